The lowest BCUT2D eigenvalue weighted by Crippen LogP contribution is -2.20. The number of fused-ring (bicyclic) bond motifs is 1. The third-order valence-corrected chi connectivity index (χ3v) is 5.97. The molecular formula is C26H32N4O2. The van der Waals surface area contributed by atoms with E-state index in [1.165, 1.54) is 12.0 Å². The van der Waals surface area contributed by atoms with Crippen molar-refractivity contribution in [2.75, 3.05) is 11.9 Å². The predicted molar refractivity (Wildman–Crippen MR) is 127 cm³/mol. The fourth-order valence-corrected chi connectivity index (χ4v) is 3.98. The summed E-state index contributed by atoms with van der Waals surface area (Å²) in [6.45, 7) is 9.39. The molecule has 0 fully saturated rings. The molecule has 0 aliphatic carbocycles. The summed E-state index contributed by atoms with van der Waals surface area (Å²) >= 11 is 0. The van der Waals surface area contributed by atoms with E-state index in [2.05, 4.69) is 40.9 Å². The Morgan fingerprint density at radius 3 is 2.59 bits per heavy atom. The van der Waals surface area contributed by atoms with Gasteiger partial charge in [0, 0.05) is 24.2 Å². The standard InChI is InChI=1S/C26H32N4O2/c1-18-9-10-19(25-29-28-23-8-6-5-7-15-30(23)25)16-22(18)27-24(31)17-32-21-13-11-20(12-14-21)26(2,3)4/h9-14,16H,5-8,15,17H2,1-4H3,(H,27,31). The molecule has 2 aromatic carbocycles. The quantitative estimate of drug-likeness (QED) is 0.594. The van der Waals surface area contributed by atoms with Crippen LogP contribution in [-0.4, -0.2) is 27.3 Å². The number of nitrogens with zero attached hydrogens (tertiary/aromatic N) is 3. The van der Waals surface area contributed by atoms with E-state index in [4.69, 9.17) is 4.74 Å². The van der Waals surface area contributed by atoms with Crippen molar-refractivity contribution in [1.29, 1.82) is 0 Å². The number of hydrogen-bond donors (Lipinski definition) is 1. The minimum absolute atomic E-state index is 0.0428. The Balaban J connectivity index is 1.43. The molecule has 0 atom stereocenters. The Morgan fingerprint density at radius 2 is 1.84 bits per heavy atom. The zero-order valence-electron chi connectivity index (χ0n) is 19.4. The Morgan fingerprint density at radius 1 is 1.06 bits per heavy atom. The maximum absolute atomic E-state index is 12.6. The summed E-state index contributed by atoms with van der Waals surface area (Å²) in [5.74, 6) is 2.41. The second-order valence-corrected chi connectivity index (χ2v) is 9.54. The molecule has 0 saturated heterocycles. The summed E-state index contributed by atoms with van der Waals surface area (Å²) in [5.41, 5.74) is 4.04. The smallest absolute Gasteiger partial charge is 0.262 e. The fraction of sp³-hybridized carbons (Fsp3) is 0.423. The van der Waals surface area contributed by atoms with Crippen molar-refractivity contribution < 1.29 is 9.53 Å². The topological polar surface area (TPSA) is 69.0 Å². The van der Waals surface area contributed by atoms with Gasteiger partial charge in [0.25, 0.3) is 5.91 Å². The highest BCUT2D eigenvalue weighted by atomic mass is 16.5. The van der Waals surface area contributed by atoms with Crippen molar-refractivity contribution in [1.82, 2.24) is 14.8 Å². The molecule has 0 unspecified atom stereocenters. The largest absolute Gasteiger partial charge is 0.484 e. The van der Waals surface area contributed by atoms with Gasteiger partial charge < -0.3 is 14.6 Å². The minimum atomic E-state index is -0.190. The number of carbonyl (C=O) groups is 1. The summed E-state index contributed by atoms with van der Waals surface area (Å²) in [7, 11) is 0. The van der Waals surface area contributed by atoms with Crippen LogP contribution in [-0.2, 0) is 23.2 Å². The van der Waals surface area contributed by atoms with Crippen LogP contribution in [0.5, 0.6) is 5.75 Å². The lowest BCUT2D eigenvalue weighted by Gasteiger charge is -2.19. The van der Waals surface area contributed by atoms with Gasteiger partial charge in [0.15, 0.2) is 12.4 Å². The molecule has 0 bridgehead atoms. The molecule has 1 amide bonds. The maximum Gasteiger partial charge on any atom is 0.262 e. The third-order valence-electron chi connectivity index (χ3n) is 5.97. The number of nitrogens with one attached hydrogen (secondary N) is 1. The number of amides is 1. The van der Waals surface area contributed by atoms with Gasteiger partial charge in [-0.15, -0.1) is 10.2 Å². The van der Waals surface area contributed by atoms with Gasteiger partial charge in [0.05, 0.1) is 0 Å². The molecule has 6 nitrogen and oxygen atoms in total. The first kappa shape index (κ1) is 22.1. The molecule has 168 valence electrons. The fourth-order valence-electron chi connectivity index (χ4n) is 3.98. The molecule has 0 saturated carbocycles. The Bertz CT molecular complexity index is 1090. The highest BCUT2D eigenvalue weighted by Gasteiger charge is 2.17. The summed E-state index contributed by atoms with van der Waals surface area (Å²) in [5, 5.41) is 11.8. The number of benzene rings is 2. The lowest BCUT2D eigenvalue weighted by atomic mass is 9.87. The van der Waals surface area contributed by atoms with E-state index >= 15 is 0 Å². The number of carbonyl (C=O) groups excluding carboxylic acids is 1. The average molecular weight is 433 g/mol. The van der Waals surface area contributed by atoms with Crippen molar-refractivity contribution in [2.24, 2.45) is 0 Å². The Hall–Kier alpha value is -3.15. The number of aryl methyl sites for hydroxylation is 2. The second-order valence-electron chi connectivity index (χ2n) is 9.54. The van der Waals surface area contributed by atoms with Gasteiger partial charge in [-0.25, -0.2) is 0 Å². The maximum atomic E-state index is 12.6. The van der Waals surface area contributed by atoms with Crippen molar-refractivity contribution in [2.45, 2.75) is 65.3 Å². The Kier molecular flexibility index (Phi) is 6.31. The molecule has 6 heteroatoms. The first-order valence-electron chi connectivity index (χ1n) is 11.4. The number of anilines is 1. The van der Waals surface area contributed by atoms with Crippen LogP contribution in [0, 0.1) is 6.92 Å². The van der Waals surface area contributed by atoms with Crippen LogP contribution < -0.4 is 10.1 Å². The zero-order valence-corrected chi connectivity index (χ0v) is 19.4. The van der Waals surface area contributed by atoms with Crippen molar-refractivity contribution >= 4 is 11.6 Å². The minimum Gasteiger partial charge on any atom is -0.484 e. The highest BCUT2D eigenvalue weighted by Crippen LogP contribution is 2.27. The zero-order chi connectivity index (χ0) is 22.7. The number of ether oxygens (including phenoxy) is 1. The molecule has 1 aliphatic rings. The van der Waals surface area contributed by atoms with Gasteiger partial charge in [0.2, 0.25) is 0 Å². The Labute approximate surface area is 190 Å². The van der Waals surface area contributed by atoms with Gasteiger partial charge in [-0.1, -0.05) is 51.5 Å². The van der Waals surface area contributed by atoms with Crippen molar-refractivity contribution in [3.05, 3.63) is 59.4 Å². The summed E-state index contributed by atoms with van der Waals surface area (Å²) < 4.78 is 7.92. The number of hydrogen-bond acceptors (Lipinski definition) is 4. The van der Waals surface area contributed by atoms with Gasteiger partial charge in [-0.05, 0) is 54.5 Å². The van der Waals surface area contributed by atoms with E-state index in [-0.39, 0.29) is 17.9 Å². The van der Waals surface area contributed by atoms with Gasteiger partial charge >= 0.3 is 0 Å². The van der Waals surface area contributed by atoms with Gasteiger partial charge in [-0.2, -0.15) is 0 Å². The first-order valence-corrected chi connectivity index (χ1v) is 11.4. The van der Waals surface area contributed by atoms with Crippen molar-refractivity contribution in [3.63, 3.8) is 0 Å². The number of rotatable bonds is 5. The van der Waals surface area contributed by atoms with Crippen LogP contribution in [0.25, 0.3) is 11.4 Å². The van der Waals surface area contributed by atoms with E-state index < -0.39 is 0 Å². The molecule has 4 rings (SSSR count). The molecule has 1 aromatic heterocycles. The predicted octanol–water partition coefficient (Wildman–Crippen LogP) is 5.29. The summed E-state index contributed by atoms with van der Waals surface area (Å²) in [6.07, 6.45) is 4.49. The van der Waals surface area contributed by atoms with Crippen LogP contribution in [0.15, 0.2) is 42.5 Å². The summed E-state index contributed by atoms with van der Waals surface area (Å²) in [4.78, 5) is 12.6. The molecule has 0 spiro atoms. The van der Waals surface area contributed by atoms with Crippen LogP contribution in [0.1, 0.15) is 57.0 Å². The molecular weight excluding hydrogens is 400 g/mol. The first-order chi connectivity index (χ1) is 15.3. The van der Waals surface area contributed by atoms with Crippen molar-refractivity contribution in [3.8, 4) is 17.1 Å². The molecule has 32 heavy (non-hydrogen) atoms. The molecule has 0 radical (unpaired) electrons. The van der Waals surface area contributed by atoms with Gasteiger partial charge in [-0.3, -0.25) is 4.79 Å². The van der Waals surface area contributed by atoms with E-state index in [1.54, 1.807) is 0 Å². The number of aromatic nitrogens is 3. The molecule has 1 N–H and O–H groups in total. The normalized spacial score (nSPS) is 13.9. The van der Waals surface area contributed by atoms with E-state index in [1.807, 2.05) is 49.4 Å². The molecule has 1 aliphatic heterocycles. The SMILES string of the molecule is Cc1ccc(-c2nnc3n2CCCCC3)cc1NC(=O)COc1ccc(C(C)(C)C)cc1. The second kappa shape index (κ2) is 9.15. The van der Waals surface area contributed by atoms with Gasteiger partial charge in [0.1, 0.15) is 11.6 Å². The monoisotopic (exact) mass is 432 g/mol. The highest BCUT2D eigenvalue weighted by molar-refractivity contribution is 5.93. The van der Waals surface area contributed by atoms with E-state index in [0.717, 1.165) is 54.3 Å². The molecule has 2 heterocycles. The summed E-state index contributed by atoms with van der Waals surface area (Å²) in [6, 6.07) is 13.9. The average Bonchev–Trinajstić information content (AvgIpc) is 3.01. The lowest BCUT2D eigenvalue weighted by molar-refractivity contribution is -0.118. The van der Waals surface area contributed by atoms with Crippen LogP contribution in [0.4, 0.5) is 5.69 Å². The van der Waals surface area contributed by atoms with E-state index in [0.29, 0.717) is 5.75 Å². The van der Waals surface area contributed by atoms with Crippen LogP contribution in [0.2, 0.25) is 0 Å². The van der Waals surface area contributed by atoms with E-state index in [9.17, 15) is 4.79 Å². The van der Waals surface area contributed by atoms with Crippen LogP contribution in [0.3, 0.4) is 0 Å². The molecule has 3 aromatic rings. The third kappa shape index (κ3) is 5.01. The van der Waals surface area contributed by atoms with Crippen LogP contribution >= 0.6 is 0 Å².